The number of oxazole rings is 1. The van der Waals surface area contributed by atoms with Crippen LogP contribution in [0.3, 0.4) is 0 Å². The van der Waals surface area contributed by atoms with Gasteiger partial charge in [-0.1, -0.05) is 37.3 Å². The van der Waals surface area contributed by atoms with Gasteiger partial charge >= 0.3 is 0 Å². The monoisotopic (exact) mass is 272 g/mol. The number of benzene rings is 1. The van der Waals surface area contributed by atoms with E-state index in [2.05, 4.69) is 47.6 Å². The number of nitrogens with zero attached hydrogens (tertiary/aromatic N) is 1. The van der Waals surface area contributed by atoms with Crippen molar-refractivity contribution in [2.75, 3.05) is 13.1 Å². The zero-order chi connectivity index (χ0) is 14.0. The van der Waals surface area contributed by atoms with Crippen LogP contribution in [-0.2, 0) is 19.3 Å². The van der Waals surface area contributed by atoms with Crippen LogP contribution in [-0.4, -0.2) is 18.1 Å². The summed E-state index contributed by atoms with van der Waals surface area (Å²) in [6.07, 6.45) is 7.07. The quantitative estimate of drug-likeness (QED) is 0.711. The second kappa shape index (κ2) is 8.54. The van der Waals surface area contributed by atoms with Crippen LogP contribution in [0.5, 0.6) is 0 Å². The third-order valence-electron chi connectivity index (χ3n) is 3.28. The molecule has 0 aliphatic heterocycles. The smallest absolute Gasteiger partial charge is 0.195 e. The van der Waals surface area contributed by atoms with Crippen LogP contribution in [0.1, 0.15) is 37.0 Å². The highest BCUT2D eigenvalue weighted by Crippen LogP contribution is 2.10. The van der Waals surface area contributed by atoms with Crippen LogP contribution in [0.2, 0.25) is 0 Å². The van der Waals surface area contributed by atoms with Crippen molar-refractivity contribution in [3.8, 4) is 0 Å². The third-order valence-corrected chi connectivity index (χ3v) is 3.28. The molecule has 20 heavy (non-hydrogen) atoms. The fraction of sp³-hybridized carbons (Fsp3) is 0.471. The molecule has 0 fully saturated rings. The second-order valence-corrected chi connectivity index (χ2v) is 5.06. The molecule has 0 spiro atoms. The van der Waals surface area contributed by atoms with Crippen LogP contribution in [0.25, 0.3) is 0 Å². The lowest BCUT2D eigenvalue weighted by Crippen LogP contribution is -2.17. The van der Waals surface area contributed by atoms with Crippen molar-refractivity contribution in [3.05, 3.63) is 53.7 Å². The van der Waals surface area contributed by atoms with Gasteiger partial charge in [0.15, 0.2) is 5.89 Å². The van der Waals surface area contributed by atoms with Gasteiger partial charge in [-0.05, 0) is 31.4 Å². The molecular formula is C17H24N2O. The normalized spacial score (nSPS) is 10.8. The van der Waals surface area contributed by atoms with E-state index < -0.39 is 0 Å². The minimum atomic E-state index is 0.850. The Morgan fingerprint density at radius 3 is 2.70 bits per heavy atom. The van der Waals surface area contributed by atoms with E-state index in [1.165, 1.54) is 5.56 Å². The molecule has 0 atom stereocenters. The van der Waals surface area contributed by atoms with Gasteiger partial charge in [-0.3, -0.25) is 0 Å². The number of rotatable bonds is 9. The fourth-order valence-corrected chi connectivity index (χ4v) is 2.19. The first kappa shape index (κ1) is 14.8. The van der Waals surface area contributed by atoms with E-state index in [1.54, 1.807) is 0 Å². The number of nitrogens with one attached hydrogen (secondary N) is 1. The average molecular weight is 272 g/mol. The number of aryl methyl sites for hydroxylation is 2. The van der Waals surface area contributed by atoms with Crippen molar-refractivity contribution in [3.63, 3.8) is 0 Å². The Hall–Kier alpha value is -1.61. The van der Waals surface area contributed by atoms with Gasteiger partial charge in [-0.15, -0.1) is 0 Å². The average Bonchev–Trinajstić information content (AvgIpc) is 2.93. The van der Waals surface area contributed by atoms with Gasteiger partial charge in [0, 0.05) is 19.4 Å². The summed E-state index contributed by atoms with van der Waals surface area (Å²) in [4.78, 5) is 4.33. The van der Waals surface area contributed by atoms with Gasteiger partial charge in [0.05, 0.1) is 6.20 Å². The Balaban J connectivity index is 1.67. The molecular weight excluding hydrogens is 248 g/mol. The van der Waals surface area contributed by atoms with Crippen molar-refractivity contribution < 1.29 is 4.42 Å². The third kappa shape index (κ3) is 5.17. The number of aromatic nitrogens is 1. The SMILES string of the molecule is CCCNCCc1ncc(CCCc2ccccc2)o1. The minimum Gasteiger partial charge on any atom is -0.446 e. The molecule has 0 saturated carbocycles. The summed E-state index contributed by atoms with van der Waals surface area (Å²) >= 11 is 0. The molecule has 0 amide bonds. The van der Waals surface area contributed by atoms with Crippen molar-refractivity contribution >= 4 is 0 Å². The maximum atomic E-state index is 5.75. The van der Waals surface area contributed by atoms with Crippen LogP contribution < -0.4 is 5.32 Å². The highest BCUT2D eigenvalue weighted by Gasteiger charge is 2.03. The van der Waals surface area contributed by atoms with Crippen LogP contribution in [0.4, 0.5) is 0 Å². The minimum absolute atomic E-state index is 0.850. The van der Waals surface area contributed by atoms with Gasteiger partial charge in [-0.25, -0.2) is 4.98 Å². The van der Waals surface area contributed by atoms with Gasteiger partial charge in [-0.2, -0.15) is 0 Å². The standard InChI is InChI=1S/C17H24N2O/c1-2-12-18-13-11-17-19-14-16(20-17)10-6-9-15-7-4-3-5-8-15/h3-5,7-8,14,18H,2,6,9-13H2,1H3. The summed E-state index contributed by atoms with van der Waals surface area (Å²) in [5, 5.41) is 3.36. The van der Waals surface area contributed by atoms with E-state index in [-0.39, 0.29) is 0 Å². The summed E-state index contributed by atoms with van der Waals surface area (Å²) in [6.45, 7) is 4.17. The second-order valence-electron chi connectivity index (χ2n) is 5.06. The van der Waals surface area contributed by atoms with E-state index in [4.69, 9.17) is 4.42 Å². The molecule has 0 radical (unpaired) electrons. The summed E-state index contributed by atoms with van der Waals surface area (Å²) in [5.41, 5.74) is 1.39. The Kier molecular flexibility index (Phi) is 6.32. The van der Waals surface area contributed by atoms with Crippen LogP contribution in [0, 0.1) is 0 Å². The van der Waals surface area contributed by atoms with E-state index in [9.17, 15) is 0 Å². The number of hydrogen-bond acceptors (Lipinski definition) is 3. The first-order valence-electron chi connectivity index (χ1n) is 7.56. The summed E-state index contributed by atoms with van der Waals surface area (Å²) in [6, 6.07) is 10.6. The van der Waals surface area contributed by atoms with Gasteiger partial charge in [0.2, 0.25) is 0 Å². The fourth-order valence-electron chi connectivity index (χ4n) is 2.19. The predicted molar refractivity (Wildman–Crippen MR) is 81.8 cm³/mol. The van der Waals surface area contributed by atoms with E-state index >= 15 is 0 Å². The number of hydrogen-bond donors (Lipinski definition) is 1. The van der Waals surface area contributed by atoms with Gasteiger partial charge in [0.1, 0.15) is 5.76 Å². The highest BCUT2D eigenvalue weighted by molar-refractivity contribution is 5.14. The molecule has 0 saturated heterocycles. The van der Waals surface area contributed by atoms with Crippen LogP contribution in [0.15, 0.2) is 40.9 Å². The maximum Gasteiger partial charge on any atom is 0.195 e. The molecule has 3 heteroatoms. The Labute approximate surface area is 121 Å². The molecule has 2 aromatic rings. The molecule has 0 bridgehead atoms. The Morgan fingerprint density at radius 2 is 1.90 bits per heavy atom. The van der Waals surface area contributed by atoms with Gasteiger partial charge < -0.3 is 9.73 Å². The van der Waals surface area contributed by atoms with E-state index in [0.717, 1.165) is 56.8 Å². The summed E-state index contributed by atoms with van der Waals surface area (Å²) in [5.74, 6) is 1.86. The Bertz CT molecular complexity index is 479. The molecule has 0 aliphatic rings. The molecule has 1 N–H and O–H groups in total. The summed E-state index contributed by atoms with van der Waals surface area (Å²) in [7, 11) is 0. The molecule has 1 heterocycles. The lowest BCUT2D eigenvalue weighted by atomic mass is 10.1. The molecule has 1 aromatic carbocycles. The lowest BCUT2D eigenvalue weighted by molar-refractivity contribution is 0.444. The molecule has 108 valence electrons. The first-order valence-corrected chi connectivity index (χ1v) is 7.56. The van der Waals surface area contributed by atoms with Crippen molar-refractivity contribution in [2.24, 2.45) is 0 Å². The van der Waals surface area contributed by atoms with Gasteiger partial charge in [0.25, 0.3) is 0 Å². The van der Waals surface area contributed by atoms with Crippen molar-refractivity contribution in [1.29, 1.82) is 0 Å². The predicted octanol–water partition coefficient (Wildman–Crippen LogP) is 3.39. The maximum absolute atomic E-state index is 5.75. The summed E-state index contributed by atoms with van der Waals surface area (Å²) < 4.78 is 5.75. The van der Waals surface area contributed by atoms with Crippen LogP contribution >= 0.6 is 0 Å². The first-order chi connectivity index (χ1) is 9.88. The van der Waals surface area contributed by atoms with Crippen molar-refractivity contribution in [1.82, 2.24) is 10.3 Å². The molecule has 0 aliphatic carbocycles. The zero-order valence-corrected chi connectivity index (χ0v) is 12.3. The largest absolute Gasteiger partial charge is 0.446 e. The molecule has 2 rings (SSSR count). The topological polar surface area (TPSA) is 38.1 Å². The zero-order valence-electron chi connectivity index (χ0n) is 12.3. The Morgan fingerprint density at radius 1 is 1.05 bits per heavy atom. The van der Waals surface area contributed by atoms with E-state index in [0.29, 0.717) is 0 Å². The lowest BCUT2D eigenvalue weighted by Gasteiger charge is -2.00. The highest BCUT2D eigenvalue weighted by atomic mass is 16.4. The molecule has 3 nitrogen and oxygen atoms in total. The molecule has 0 unspecified atom stereocenters. The van der Waals surface area contributed by atoms with E-state index in [1.807, 2.05) is 6.20 Å². The molecule has 1 aromatic heterocycles. The van der Waals surface area contributed by atoms with Crippen molar-refractivity contribution in [2.45, 2.75) is 39.0 Å².